The predicted molar refractivity (Wildman–Crippen MR) is 44.4 cm³/mol. The van der Waals surface area contributed by atoms with Crippen LogP contribution in [0.3, 0.4) is 0 Å². The largest absolute Gasteiger partial charge is 0.345 e. The van der Waals surface area contributed by atoms with E-state index in [1.807, 2.05) is 31.8 Å². The van der Waals surface area contributed by atoms with Gasteiger partial charge in [0.15, 0.2) is 0 Å². The summed E-state index contributed by atoms with van der Waals surface area (Å²) in [5.41, 5.74) is 0. The average Bonchev–Trinajstić information content (AvgIpc) is 1.89. The van der Waals surface area contributed by atoms with Crippen LogP contribution in [-0.2, 0) is 0 Å². The van der Waals surface area contributed by atoms with Gasteiger partial charge < -0.3 is 0 Å². The van der Waals surface area contributed by atoms with Gasteiger partial charge in [-0.3, -0.25) is 15.2 Å². The first-order chi connectivity index (χ1) is 4.72. The van der Waals surface area contributed by atoms with E-state index in [1.54, 1.807) is 0 Å². The van der Waals surface area contributed by atoms with Gasteiger partial charge in [0.2, 0.25) is 0 Å². The summed E-state index contributed by atoms with van der Waals surface area (Å²) in [6.07, 6.45) is 1.82. The molecule has 0 amide bonds. The van der Waals surface area contributed by atoms with Crippen LogP contribution in [0.15, 0.2) is 12.7 Å². The van der Waals surface area contributed by atoms with Gasteiger partial charge >= 0.3 is 5.96 Å². The van der Waals surface area contributed by atoms with E-state index in [0.717, 1.165) is 12.5 Å². The molecule has 0 saturated heterocycles. The molecule has 0 rings (SSSR count). The summed E-state index contributed by atoms with van der Waals surface area (Å²) in [5.74, 6) is 1.000. The molecule has 0 saturated carbocycles. The second-order valence-corrected chi connectivity index (χ2v) is 2.16. The van der Waals surface area contributed by atoms with E-state index in [4.69, 9.17) is 0 Å². The Kier molecular flexibility index (Phi) is 4.37. The lowest BCUT2D eigenvalue weighted by atomic mass is 10.6. The summed E-state index contributed by atoms with van der Waals surface area (Å²) in [5, 5.41) is 6.15. The molecule has 3 nitrogen and oxygen atoms in total. The van der Waals surface area contributed by atoms with Crippen LogP contribution in [0.25, 0.3) is 0 Å². The molecule has 0 aromatic heterocycles. The van der Waals surface area contributed by atoms with Crippen molar-refractivity contribution in [2.75, 3.05) is 27.7 Å². The lowest BCUT2D eigenvalue weighted by Crippen LogP contribution is -2.40. The van der Waals surface area contributed by atoms with E-state index in [2.05, 4.69) is 17.2 Å². The molecule has 10 heavy (non-hydrogen) atoms. The Morgan fingerprint density at radius 2 is 2.20 bits per heavy atom. The van der Waals surface area contributed by atoms with Crippen LogP contribution < -0.4 is 10.6 Å². The summed E-state index contributed by atoms with van der Waals surface area (Å²) < 4.78 is 1.98. The molecule has 58 valence electrons. The van der Waals surface area contributed by atoms with Crippen molar-refractivity contribution in [2.24, 2.45) is 0 Å². The summed E-state index contributed by atoms with van der Waals surface area (Å²) in [6, 6.07) is 0. The summed E-state index contributed by atoms with van der Waals surface area (Å²) >= 11 is 0. The zero-order chi connectivity index (χ0) is 7.98. The van der Waals surface area contributed by atoms with Crippen LogP contribution in [0.1, 0.15) is 0 Å². The van der Waals surface area contributed by atoms with Crippen molar-refractivity contribution in [1.82, 2.24) is 10.6 Å². The van der Waals surface area contributed by atoms with Crippen LogP contribution in [-0.4, -0.2) is 38.2 Å². The standard InChI is InChI=1S/C7H15N3/c1-5-6-9-7(8-2)10(3)4/h5H,1,6H2,2-4H3,(H,8,9)/p+1. The first-order valence-electron chi connectivity index (χ1n) is 3.29. The number of rotatable bonds is 2. The first-order valence-corrected chi connectivity index (χ1v) is 3.29. The Morgan fingerprint density at radius 3 is 2.50 bits per heavy atom. The monoisotopic (exact) mass is 142 g/mol. The molecule has 0 spiro atoms. The molecule has 0 radical (unpaired) electrons. The molecule has 0 aliphatic heterocycles. The van der Waals surface area contributed by atoms with Gasteiger partial charge in [-0.2, -0.15) is 0 Å². The maximum atomic E-state index is 3.60. The minimum Gasteiger partial charge on any atom is -0.281 e. The van der Waals surface area contributed by atoms with Crippen molar-refractivity contribution in [3.05, 3.63) is 12.7 Å². The molecule has 0 aromatic rings. The van der Waals surface area contributed by atoms with Crippen molar-refractivity contribution in [2.45, 2.75) is 0 Å². The molecule has 0 aromatic carbocycles. The van der Waals surface area contributed by atoms with E-state index in [9.17, 15) is 0 Å². The van der Waals surface area contributed by atoms with Crippen molar-refractivity contribution >= 4 is 5.96 Å². The summed E-state index contributed by atoms with van der Waals surface area (Å²) in [7, 11) is 5.83. The molecule has 0 unspecified atom stereocenters. The van der Waals surface area contributed by atoms with E-state index in [0.29, 0.717) is 0 Å². The molecule has 0 aliphatic rings. The third-order valence-corrected chi connectivity index (χ3v) is 1.10. The lowest BCUT2D eigenvalue weighted by molar-refractivity contribution is -0.468. The number of guanidine groups is 1. The van der Waals surface area contributed by atoms with Crippen molar-refractivity contribution in [3.8, 4) is 0 Å². The Hall–Kier alpha value is -0.990. The Labute approximate surface area is 62.4 Å². The quantitative estimate of drug-likeness (QED) is 0.238. The fourth-order valence-corrected chi connectivity index (χ4v) is 0.639. The van der Waals surface area contributed by atoms with Gasteiger partial charge in [0.05, 0.1) is 27.7 Å². The smallest absolute Gasteiger partial charge is 0.281 e. The second-order valence-electron chi connectivity index (χ2n) is 2.16. The highest BCUT2D eigenvalue weighted by molar-refractivity contribution is 5.74. The second kappa shape index (κ2) is 4.85. The maximum absolute atomic E-state index is 3.60. The van der Waals surface area contributed by atoms with Gasteiger partial charge in [-0.25, -0.2) is 0 Å². The fourth-order valence-electron chi connectivity index (χ4n) is 0.639. The fraction of sp³-hybridized carbons (Fsp3) is 0.571. The van der Waals surface area contributed by atoms with Crippen LogP contribution in [0.5, 0.6) is 0 Å². The highest BCUT2D eigenvalue weighted by Crippen LogP contribution is 1.63. The third-order valence-electron chi connectivity index (χ3n) is 1.10. The number of nitrogens with one attached hydrogen (secondary N) is 2. The zero-order valence-electron chi connectivity index (χ0n) is 6.94. The molecule has 0 heterocycles. The van der Waals surface area contributed by atoms with Gasteiger partial charge in [-0.1, -0.05) is 12.7 Å². The highest BCUT2D eigenvalue weighted by Gasteiger charge is 1.99. The minimum absolute atomic E-state index is 0.786. The van der Waals surface area contributed by atoms with Crippen LogP contribution in [0.4, 0.5) is 0 Å². The van der Waals surface area contributed by atoms with Gasteiger partial charge in [0.1, 0.15) is 0 Å². The van der Waals surface area contributed by atoms with Gasteiger partial charge in [-0.05, 0) is 0 Å². The van der Waals surface area contributed by atoms with Crippen molar-refractivity contribution in [1.29, 1.82) is 0 Å². The number of hydrogen-bond donors (Lipinski definition) is 2. The van der Waals surface area contributed by atoms with Crippen LogP contribution in [0, 0.1) is 0 Å². The lowest BCUT2D eigenvalue weighted by Gasteiger charge is -2.02. The molecule has 0 bridgehead atoms. The molecular formula is C7H16N3+. The van der Waals surface area contributed by atoms with Crippen molar-refractivity contribution in [3.63, 3.8) is 0 Å². The highest BCUT2D eigenvalue weighted by atomic mass is 15.2. The van der Waals surface area contributed by atoms with E-state index in [-0.39, 0.29) is 0 Å². The minimum atomic E-state index is 0.786. The molecule has 3 heteroatoms. The molecule has 0 aliphatic carbocycles. The summed E-state index contributed by atoms with van der Waals surface area (Å²) in [4.78, 5) is 0. The summed E-state index contributed by atoms with van der Waals surface area (Å²) in [6.45, 7) is 4.39. The topological polar surface area (TPSA) is 27.1 Å². The van der Waals surface area contributed by atoms with E-state index >= 15 is 0 Å². The molecule has 0 fully saturated rings. The molecular weight excluding hydrogens is 126 g/mol. The number of hydrogen-bond acceptors (Lipinski definition) is 0. The number of nitrogens with zero attached hydrogens (tertiary/aromatic N) is 1. The zero-order valence-corrected chi connectivity index (χ0v) is 6.94. The van der Waals surface area contributed by atoms with Gasteiger partial charge in [0.25, 0.3) is 0 Å². The van der Waals surface area contributed by atoms with Crippen LogP contribution >= 0.6 is 0 Å². The van der Waals surface area contributed by atoms with E-state index < -0.39 is 0 Å². The van der Waals surface area contributed by atoms with Gasteiger partial charge in [0, 0.05) is 0 Å². The Balaban J connectivity index is 3.84. The Bertz CT molecular complexity index is 134. The molecule has 2 N–H and O–H groups in total. The maximum Gasteiger partial charge on any atom is 0.345 e. The predicted octanol–water partition coefficient (Wildman–Crippen LogP) is -0.390. The van der Waals surface area contributed by atoms with Crippen LogP contribution in [0.2, 0.25) is 0 Å². The Morgan fingerprint density at radius 1 is 1.60 bits per heavy atom. The average molecular weight is 142 g/mol. The van der Waals surface area contributed by atoms with E-state index in [1.165, 1.54) is 0 Å². The SMILES string of the molecule is C=CCNC(NC)=[N+](C)C. The normalized spacial score (nSPS) is 8.30. The van der Waals surface area contributed by atoms with Gasteiger partial charge in [-0.15, -0.1) is 0 Å². The van der Waals surface area contributed by atoms with Crippen molar-refractivity contribution < 1.29 is 4.58 Å². The third kappa shape index (κ3) is 3.12. The molecule has 0 atom stereocenters. The first kappa shape index (κ1) is 9.01.